The van der Waals surface area contributed by atoms with Gasteiger partial charge in [-0.05, 0) is 31.5 Å². The topological polar surface area (TPSA) is 34.8 Å². The van der Waals surface area contributed by atoms with Crippen molar-refractivity contribution in [2.24, 2.45) is 0 Å². The summed E-state index contributed by atoms with van der Waals surface area (Å²) in [5, 5.41) is 4.52. The normalized spacial score (nSPS) is 12.6. The Morgan fingerprint density at radius 1 is 1.31 bits per heavy atom. The van der Waals surface area contributed by atoms with E-state index in [2.05, 4.69) is 30.4 Å². The Labute approximate surface area is 95.9 Å². The van der Waals surface area contributed by atoms with Crippen molar-refractivity contribution in [3.8, 4) is 0 Å². The van der Waals surface area contributed by atoms with E-state index in [4.69, 9.17) is 0 Å². The lowest BCUT2D eigenvalue weighted by Crippen LogP contribution is -2.13. The molecule has 86 valence electrons. The summed E-state index contributed by atoms with van der Waals surface area (Å²) >= 11 is 0. The van der Waals surface area contributed by atoms with Gasteiger partial charge in [-0.3, -0.25) is 9.36 Å². The fraction of sp³-hybridized carbons (Fsp3) is 0.417. The minimum Gasteiger partial charge on any atom is -0.320 e. The molecule has 0 saturated carbocycles. The van der Waals surface area contributed by atoms with Gasteiger partial charge in [0.15, 0.2) is 0 Å². The largest absolute Gasteiger partial charge is 0.320 e. The van der Waals surface area contributed by atoms with Crippen molar-refractivity contribution in [1.29, 1.82) is 0 Å². The molecule has 2 aromatic heterocycles. The van der Waals surface area contributed by atoms with Crippen LogP contribution in [0, 0.1) is 0 Å². The van der Waals surface area contributed by atoms with Crippen molar-refractivity contribution in [2.75, 3.05) is 5.43 Å². The first-order valence-corrected chi connectivity index (χ1v) is 5.70. The molecule has 1 N–H and O–H groups in total. The van der Waals surface area contributed by atoms with E-state index in [1.807, 2.05) is 40.1 Å². The van der Waals surface area contributed by atoms with Gasteiger partial charge in [-0.15, -0.1) is 0 Å². The van der Waals surface area contributed by atoms with Gasteiger partial charge in [-0.25, -0.2) is 0 Å². The fourth-order valence-corrected chi connectivity index (χ4v) is 1.52. The van der Waals surface area contributed by atoms with Crippen LogP contribution in [0.3, 0.4) is 0 Å². The summed E-state index contributed by atoms with van der Waals surface area (Å²) in [7, 11) is 0. The van der Waals surface area contributed by atoms with E-state index in [1.165, 1.54) is 0 Å². The van der Waals surface area contributed by atoms with E-state index in [0.717, 1.165) is 18.7 Å². The molecule has 0 fully saturated rings. The van der Waals surface area contributed by atoms with Crippen molar-refractivity contribution in [2.45, 2.75) is 32.9 Å². The molecule has 1 unspecified atom stereocenters. The number of nitrogens with zero attached hydrogens (tertiary/aromatic N) is 3. The molecule has 1 atom stereocenters. The Bertz CT molecular complexity index is 416. The number of hydrogen-bond acceptors (Lipinski definition) is 2. The quantitative estimate of drug-likeness (QED) is 0.836. The van der Waals surface area contributed by atoms with Crippen LogP contribution in [0.25, 0.3) is 0 Å². The summed E-state index contributed by atoms with van der Waals surface area (Å²) in [5.74, 6) is 0. The Balaban J connectivity index is 1.93. The molecule has 2 aromatic rings. The highest BCUT2D eigenvalue weighted by molar-refractivity contribution is 5.03. The molecule has 4 heteroatoms. The fourth-order valence-electron chi connectivity index (χ4n) is 1.52. The van der Waals surface area contributed by atoms with E-state index in [-0.39, 0.29) is 0 Å². The molecule has 16 heavy (non-hydrogen) atoms. The number of rotatable bonds is 5. The van der Waals surface area contributed by atoms with Crippen molar-refractivity contribution in [3.05, 3.63) is 42.5 Å². The average molecular weight is 218 g/mol. The predicted octanol–water partition coefficient (Wildman–Crippen LogP) is 2.40. The SMILES string of the molecule is CCC(C)n1ccc(CNn2cccc2)n1. The molecule has 0 saturated heterocycles. The number of hydrogen-bond donors (Lipinski definition) is 1. The Morgan fingerprint density at radius 2 is 2.06 bits per heavy atom. The maximum atomic E-state index is 4.52. The molecule has 4 nitrogen and oxygen atoms in total. The molecule has 0 radical (unpaired) electrons. The molecule has 0 aliphatic carbocycles. The summed E-state index contributed by atoms with van der Waals surface area (Å²) in [4.78, 5) is 0. The van der Waals surface area contributed by atoms with Gasteiger partial charge in [0.1, 0.15) is 0 Å². The van der Waals surface area contributed by atoms with Crippen LogP contribution in [0.4, 0.5) is 0 Å². The lowest BCUT2D eigenvalue weighted by atomic mass is 10.3. The predicted molar refractivity (Wildman–Crippen MR) is 64.7 cm³/mol. The molecule has 0 aliphatic rings. The summed E-state index contributed by atoms with van der Waals surface area (Å²) in [5.41, 5.74) is 4.32. The molecule has 2 heterocycles. The van der Waals surface area contributed by atoms with Crippen LogP contribution in [0.2, 0.25) is 0 Å². The molecule has 0 bridgehead atoms. The zero-order valence-corrected chi connectivity index (χ0v) is 9.80. The molecule has 0 aromatic carbocycles. The second-order valence-electron chi connectivity index (χ2n) is 3.97. The van der Waals surface area contributed by atoms with Gasteiger partial charge in [0.25, 0.3) is 0 Å². The zero-order valence-electron chi connectivity index (χ0n) is 9.80. The highest BCUT2D eigenvalue weighted by Gasteiger charge is 2.03. The summed E-state index contributed by atoms with van der Waals surface area (Å²) < 4.78 is 3.95. The zero-order chi connectivity index (χ0) is 11.4. The lowest BCUT2D eigenvalue weighted by molar-refractivity contribution is 0.474. The molecule has 0 spiro atoms. The van der Waals surface area contributed by atoms with Crippen LogP contribution in [0.1, 0.15) is 32.0 Å². The second kappa shape index (κ2) is 4.88. The van der Waals surface area contributed by atoms with Crippen molar-refractivity contribution < 1.29 is 0 Å². The third-order valence-electron chi connectivity index (χ3n) is 2.75. The van der Waals surface area contributed by atoms with Crippen LogP contribution in [-0.4, -0.2) is 14.5 Å². The van der Waals surface area contributed by atoms with Crippen molar-refractivity contribution in [3.63, 3.8) is 0 Å². The van der Waals surface area contributed by atoms with E-state index < -0.39 is 0 Å². The second-order valence-corrected chi connectivity index (χ2v) is 3.97. The number of aromatic nitrogens is 3. The standard InChI is InChI=1S/C12H18N4/c1-3-11(2)16-9-6-12(14-16)10-13-15-7-4-5-8-15/h4-9,11,13H,3,10H2,1-2H3. The molecule has 2 rings (SSSR count). The van der Waals surface area contributed by atoms with Crippen LogP contribution in [-0.2, 0) is 6.54 Å². The first-order chi connectivity index (χ1) is 7.79. The minimum absolute atomic E-state index is 0.473. The van der Waals surface area contributed by atoms with E-state index in [0.29, 0.717) is 6.04 Å². The summed E-state index contributed by atoms with van der Waals surface area (Å²) in [6, 6.07) is 6.51. The molecular formula is C12H18N4. The Kier molecular flexibility index (Phi) is 3.29. The van der Waals surface area contributed by atoms with Crippen LogP contribution < -0.4 is 5.43 Å². The Hall–Kier alpha value is -1.71. The minimum atomic E-state index is 0.473. The van der Waals surface area contributed by atoms with Crippen LogP contribution in [0.15, 0.2) is 36.8 Å². The van der Waals surface area contributed by atoms with Gasteiger partial charge in [0.2, 0.25) is 0 Å². The van der Waals surface area contributed by atoms with Gasteiger partial charge in [0.05, 0.1) is 12.2 Å². The van der Waals surface area contributed by atoms with Gasteiger partial charge >= 0.3 is 0 Å². The average Bonchev–Trinajstić information content (AvgIpc) is 2.96. The monoisotopic (exact) mass is 218 g/mol. The smallest absolute Gasteiger partial charge is 0.0831 e. The van der Waals surface area contributed by atoms with Gasteiger partial charge < -0.3 is 5.43 Å². The summed E-state index contributed by atoms with van der Waals surface area (Å²) in [6.45, 7) is 5.10. The number of nitrogens with one attached hydrogen (secondary N) is 1. The maximum Gasteiger partial charge on any atom is 0.0831 e. The van der Waals surface area contributed by atoms with E-state index in [1.54, 1.807) is 0 Å². The van der Waals surface area contributed by atoms with Gasteiger partial charge in [-0.1, -0.05) is 6.92 Å². The first kappa shape index (κ1) is 10.8. The van der Waals surface area contributed by atoms with E-state index in [9.17, 15) is 0 Å². The maximum absolute atomic E-state index is 4.52. The third-order valence-corrected chi connectivity index (χ3v) is 2.75. The van der Waals surface area contributed by atoms with Crippen LogP contribution >= 0.6 is 0 Å². The van der Waals surface area contributed by atoms with Crippen LogP contribution in [0.5, 0.6) is 0 Å². The van der Waals surface area contributed by atoms with Crippen molar-refractivity contribution >= 4 is 0 Å². The highest BCUT2D eigenvalue weighted by atomic mass is 15.4. The first-order valence-electron chi connectivity index (χ1n) is 5.70. The van der Waals surface area contributed by atoms with E-state index >= 15 is 0 Å². The Morgan fingerprint density at radius 3 is 2.75 bits per heavy atom. The highest BCUT2D eigenvalue weighted by Crippen LogP contribution is 2.09. The molecular weight excluding hydrogens is 200 g/mol. The molecule has 0 aliphatic heterocycles. The van der Waals surface area contributed by atoms with Gasteiger partial charge in [0, 0.05) is 24.6 Å². The molecule has 0 amide bonds. The third kappa shape index (κ3) is 2.45. The lowest BCUT2D eigenvalue weighted by Gasteiger charge is -2.08. The summed E-state index contributed by atoms with van der Waals surface area (Å²) in [6.07, 6.45) is 7.10. The van der Waals surface area contributed by atoms with Gasteiger partial charge in [-0.2, -0.15) is 5.10 Å². The van der Waals surface area contributed by atoms with Crippen molar-refractivity contribution in [1.82, 2.24) is 14.5 Å².